The number of aromatic nitrogens is 2. The van der Waals surface area contributed by atoms with Crippen molar-refractivity contribution in [3.63, 3.8) is 0 Å². The molecule has 0 saturated heterocycles. The Kier molecular flexibility index (Phi) is 8.68. The second kappa shape index (κ2) is 11.7. The highest BCUT2D eigenvalue weighted by molar-refractivity contribution is 5.94. The number of hydrogen-bond acceptors (Lipinski definition) is 4. The van der Waals surface area contributed by atoms with Crippen molar-refractivity contribution in [1.29, 1.82) is 0 Å². The highest BCUT2D eigenvalue weighted by Gasteiger charge is 2.20. The zero-order chi connectivity index (χ0) is 24.7. The highest BCUT2D eigenvalue weighted by Crippen LogP contribution is 2.18. The molecule has 3 rings (SSSR count). The monoisotopic (exact) mass is 464 g/mol. The third-order valence-electron chi connectivity index (χ3n) is 5.52. The predicted molar refractivity (Wildman–Crippen MR) is 135 cm³/mol. The fourth-order valence-electron chi connectivity index (χ4n) is 4.04. The molecule has 3 aromatic rings. The molecule has 2 amide bonds. The van der Waals surface area contributed by atoms with Crippen LogP contribution in [0.25, 0.3) is 11.0 Å². The lowest BCUT2D eigenvalue weighted by atomic mass is 10.1. The van der Waals surface area contributed by atoms with Crippen LogP contribution in [0, 0.1) is 11.8 Å². The molecule has 0 atom stereocenters. The average molecular weight is 465 g/mol. The van der Waals surface area contributed by atoms with Crippen molar-refractivity contribution in [2.75, 3.05) is 26.7 Å². The van der Waals surface area contributed by atoms with Gasteiger partial charge in [0.2, 0.25) is 5.91 Å². The average Bonchev–Trinajstić information content (AvgIpc) is 3.15. The van der Waals surface area contributed by atoms with Gasteiger partial charge in [-0.15, -0.1) is 0 Å². The minimum absolute atomic E-state index is 0.0900. The van der Waals surface area contributed by atoms with E-state index in [0.29, 0.717) is 36.1 Å². The number of hydrogen-bond donors (Lipinski definition) is 1. The lowest BCUT2D eigenvalue weighted by Gasteiger charge is -2.27. The Labute approximate surface area is 202 Å². The number of nitrogens with zero attached hydrogens (tertiary/aromatic N) is 3. The molecule has 0 spiro atoms. The summed E-state index contributed by atoms with van der Waals surface area (Å²) >= 11 is 0. The summed E-state index contributed by atoms with van der Waals surface area (Å²) in [4.78, 5) is 32.6. The molecule has 182 valence electrons. The van der Waals surface area contributed by atoms with Crippen LogP contribution in [0.2, 0.25) is 0 Å². The number of ether oxygens (including phenoxy) is 1. The predicted octanol–water partition coefficient (Wildman–Crippen LogP) is 4.16. The first-order valence-electron chi connectivity index (χ1n) is 11.9. The summed E-state index contributed by atoms with van der Waals surface area (Å²) in [5.41, 5.74) is 2.32. The molecule has 0 aliphatic rings. The summed E-state index contributed by atoms with van der Waals surface area (Å²) in [6.45, 7) is 10.6. The third kappa shape index (κ3) is 6.59. The number of carbonyl (C=O) groups excluding carboxylic acids is 2. The van der Waals surface area contributed by atoms with Crippen molar-refractivity contribution in [1.82, 2.24) is 19.8 Å². The van der Waals surface area contributed by atoms with Crippen LogP contribution in [0.3, 0.4) is 0 Å². The van der Waals surface area contributed by atoms with E-state index in [-0.39, 0.29) is 18.4 Å². The molecular weight excluding hydrogens is 428 g/mol. The van der Waals surface area contributed by atoms with Crippen LogP contribution in [0.4, 0.5) is 0 Å². The largest absolute Gasteiger partial charge is 0.497 e. The van der Waals surface area contributed by atoms with Gasteiger partial charge in [-0.05, 0) is 42.2 Å². The van der Waals surface area contributed by atoms with Crippen molar-refractivity contribution in [3.05, 3.63) is 59.9 Å². The van der Waals surface area contributed by atoms with E-state index in [4.69, 9.17) is 9.72 Å². The van der Waals surface area contributed by atoms with Gasteiger partial charge in [0.05, 0.1) is 18.1 Å². The zero-order valence-electron chi connectivity index (χ0n) is 20.9. The summed E-state index contributed by atoms with van der Waals surface area (Å²) in [6, 6.07) is 14.9. The van der Waals surface area contributed by atoms with Crippen LogP contribution < -0.4 is 10.1 Å². The summed E-state index contributed by atoms with van der Waals surface area (Å²) in [5, 5.41) is 2.96. The van der Waals surface area contributed by atoms with Gasteiger partial charge < -0.3 is 19.5 Å². The number of para-hydroxylation sites is 2. The van der Waals surface area contributed by atoms with Gasteiger partial charge >= 0.3 is 0 Å². The topological polar surface area (TPSA) is 76.5 Å². The number of carbonyl (C=O) groups is 2. The van der Waals surface area contributed by atoms with Crippen molar-refractivity contribution in [2.45, 2.75) is 40.7 Å². The van der Waals surface area contributed by atoms with Crippen LogP contribution >= 0.6 is 0 Å². The number of benzene rings is 2. The molecule has 0 aliphatic carbocycles. The number of nitrogens with one attached hydrogen (secondary N) is 1. The van der Waals surface area contributed by atoms with Crippen LogP contribution in [-0.4, -0.2) is 53.0 Å². The molecule has 0 bridgehead atoms. The van der Waals surface area contributed by atoms with Crippen LogP contribution in [0.1, 0.15) is 43.9 Å². The van der Waals surface area contributed by atoms with Gasteiger partial charge in [-0.25, -0.2) is 4.98 Å². The number of methoxy groups -OCH3 is 1. The number of imidazole rings is 1. The van der Waals surface area contributed by atoms with E-state index in [1.165, 1.54) is 0 Å². The maximum Gasteiger partial charge on any atom is 0.251 e. The molecule has 0 radical (unpaired) electrons. The maximum atomic E-state index is 13.3. The number of rotatable bonds is 11. The SMILES string of the molecule is COc1cccc(C(=O)NCCc2nc3ccccc3n2CC(=O)N(CC(C)C)CC(C)C)c1. The van der Waals surface area contributed by atoms with Gasteiger partial charge in [-0.2, -0.15) is 0 Å². The van der Waals surface area contributed by atoms with E-state index in [1.807, 2.05) is 33.7 Å². The Morgan fingerprint density at radius 3 is 2.41 bits per heavy atom. The second-order valence-corrected chi connectivity index (χ2v) is 9.43. The zero-order valence-corrected chi connectivity index (χ0v) is 20.9. The Balaban J connectivity index is 1.75. The summed E-state index contributed by atoms with van der Waals surface area (Å²) in [6.07, 6.45) is 0.520. The third-order valence-corrected chi connectivity index (χ3v) is 5.52. The molecule has 0 aliphatic heterocycles. The van der Waals surface area contributed by atoms with Crippen LogP contribution in [0.5, 0.6) is 5.75 Å². The first kappa shape index (κ1) is 25.3. The standard InChI is InChI=1S/C27H36N4O3/c1-19(2)16-30(17-20(3)4)26(32)18-31-24-12-7-6-11-23(24)29-25(31)13-14-28-27(33)21-9-8-10-22(15-21)34-5/h6-12,15,19-20H,13-14,16-18H2,1-5H3,(H,28,33). The normalized spacial score (nSPS) is 11.3. The quantitative estimate of drug-likeness (QED) is 0.462. The van der Waals surface area contributed by atoms with Gasteiger partial charge in [-0.3, -0.25) is 9.59 Å². The van der Waals surface area contributed by atoms with E-state index in [9.17, 15) is 9.59 Å². The highest BCUT2D eigenvalue weighted by atomic mass is 16.5. The van der Waals surface area contributed by atoms with Gasteiger partial charge in [0.15, 0.2) is 0 Å². The van der Waals surface area contributed by atoms with E-state index >= 15 is 0 Å². The van der Waals surface area contributed by atoms with E-state index < -0.39 is 0 Å². The molecule has 0 unspecified atom stereocenters. The van der Waals surface area contributed by atoms with E-state index in [0.717, 1.165) is 29.9 Å². The molecule has 2 aromatic carbocycles. The fourth-order valence-corrected chi connectivity index (χ4v) is 4.04. The Morgan fingerprint density at radius 1 is 1.03 bits per heavy atom. The molecule has 7 nitrogen and oxygen atoms in total. The fraction of sp³-hybridized carbons (Fsp3) is 0.444. The minimum Gasteiger partial charge on any atom is -0.497 e. The summed E-state index contributed by atoms with van der Waals surface area (Å²) < 4.78 is 7.19. The lowest BCUT2D eigenvalue weighted by Crippen LogP contribution is -2.39. The van der Waals surface area contributed by atoms with Crippen LogP contribution in [-0.2, 0) is 17.8 Å². The Morgan fingerprint density at radius 2 is 1.74 bits per heavy atom. The van der Waals surface area contributed by atoms with Crippen LogP contribution in [0.15, 0.2) is 48.5 Å². The van der Waals surface area contributed by atoms with Crippen molar-refractivity contribution < 1.29 is 14.3 Å². The Bertz CT molecular complexity index is 1110. The molecule has 0 saturated carbocycles. The molecule has 1 aromatic heterocycles. The maximum absolute atomic E-state index is 13.3. The molecule has 34 heavy (non-hydrogen) atoms. The number of fused-ring (bicyclic) bond motifs is 1. The van der Waals surface area contributed by atoms with Crippen molar-refractivity contribution in [3.8, 4) is 5.75 Å². The van der Waals surface area contributed by atoms with Gasteiger partial charge in [-0.1, -0.05) is 45.9 Å². The summed E-state index contributed by atoms with van der Waals surface area (Å²) in [5.74, 6) is 2.14. The Hall–Kier alpha value is -3.35. The molecule has 0 fully saturated rings. The van der Waals surface area contributed by atoms with Gasteiger partial charge in [0.25, 0.3) is 5.91 Å². The summed E-state index contributed by atoms with van der Waals surface area (Å²) in [7, 11) is 1.58. The molecule has 7 heteroatoms. The number of amides is 2. The van der Waals surface area contributed by atoms with Gasteiger partial charge in [0.1, 0.15) is 18.1 Å². The second-order valence-electron chi connectivity index (χ2n) is 9.43. The van der Waals surface area contributed by atoms with E-state index in [1.54, 1.807) is 31.4 Å². The molecule has 1 N–H and O–H groups in total. The van der Waals surface area contributed by atoms with Gasteiger partial charge in [0, 0.05) is 31.6 Å². The van der Waals surface area contributed by atoms with E-state index in [2.05, 4.69) is 33.0 Å². The lowest BCUT2D eigenvalue weighted by molar-refractivity contribution is -0.132. The van der Waals surface area contributed by atoms with Crippen molar-refractivity contribution >= 4 is 22.8 Å². The van der Waals surface area contributed by atoms with Crippen molar-refractivity contribution in [2.24, 2.45) is 11.8 Å². The minimum atomic E-state index is -0.169. The first-order chi connectivity index (χ1) is 16.3. The molecular formula is C27H36N4O3. The molecule has 1 heterocycles. The first-order valence-corrected chi connectivity index (χ1v) is 11.9. The smallest absolute Gasteiger partial charge is 0.251 e.